The second-order valence-electron chi connectivity index (χ2n) is 6.03. The van der Waals surface area contributed by atoms with Crippen molar-refractivity contribution in [2.45, 2.75) is 37.7 Å². The van der Waals surface area contributed by atoms with E-state index in [-0.39, 0.29) is 11.9 Å². The van der Waals surface area contributed by atoms with Gasteiger partial charge in [-0.05, 0) is 39.0 Å². The van der Waals surface area contributed by atoms with Crippen molar-refractivity contribution >= 4 is 17.7 Å². The van der Waals surface area contributed by atoms with Crippen LogP contribution in [-0.2, 0) is 5.75 Å². The molecule has 0 aliphatic heterocycles. The number of thioether (sulfide) groups is 1. The van der Waals surface area contributed by atoms with Gasteiger partial charge in [0.25, 0.3) is 5.91 Å². The van der Waals surface area contributed by atoms with Gasteiger partial charge in [-0.2, -0.15) is 5.10 Å². The summed E-state index contributed by atoms with van der Waals surface area (Å²) < 4.78 is 5.73. The van der Waals surface area contributed by atoms with Crippen LogP contribution in [0.4, 0.5) is 0 Å². The zero-order valence-corrected chi connectivity index (χ0v) is 16.0. The van der Waals surface area contributed by atoms with Crippen LogP contribution in [0.1, 0.15) is 46.2 Å². The van der Waals surface area contributed by atoms with Gasteiger partial charge < -0.3 is 9.32 Å². The summed E-state index contributed by atoms with van der Waals surface area (Å²) in [6, 6.07) is 5.19. The van der Waals surface area contributed by atoms with Gasteiger partial charge in [-0.15, -0.1) is 0 Å². The minimum absolute atomic E-state index is 0.109. The highest BCUT2D eigenvalue weighted by molar-refractivity contribution is 7.98. The molecule has 3 aromatic heterocycles. The molecule has 0 fully saturated rings. The minimum Gasteiger partial charge on any atom is -0.455 e. The summed E-state index contributed by atoms with van der Waals surface area (Å²) in [6.07, 6.45) is 3.39. The van der Waals surface area contributed by atoms with Crippen LogP contribution in [-0.4, -0.2) is 38.0 Å². The van der Waals surface area contributed by atoms with Crippen LogP contribution < -0.4 is 0 Å². The van der Waals surface area contributed by atoms with Crippen LogP contribution in [0.3, 0.4) is 0 Å². The van der Waals surface area contributed by atoms with Crippen molar-refractivity contribution in [3.63, 3.8) is 0 Å². The summed E-state index contributed by atoms with van der Waals surface area (Å²) in [5.74, 6) is 1.44. The Morgan fingerprint density at radius 1 is 1.31 bits per heavy atom. The van der Waals surface area contributed by atoms with Crippen molar-refractivity contribution in [1.29, 1.82) is 0 Å². The monoisotopic (exact) mass is 371 g/mol. The lowest BCUT2D eigenvalue weighted by molar-refractivity contribution is 0.0708. The van der Waals surface area contributed by atoms with E-state index in [9.17, 15) is 4.79 Å². The van der Waals surface area contributed by atoms with Crippen LogP contribution in [0.15, 0.2) is 40.2 Å². The number of carbonyl (C=O) groups excluding carboxylic acids is 1. The van der Waals surface area contributed by atoms with Crippen LogP contribution in [0.2, 0.25) is 0 Å². The summed E-state index contributed by atoms with van der Waals surface area (Å²) >= 11 is 1.46. The predicted octanol–water partition coefficient (Wildman–Crippen LogP) is 3.54. The molecule has 0 saturated carbocycles. The lowest BCUT2D eigenvalue weighted by atomic mass is 10.1. The van der Waals surface area contributed by atoms with E-state index >= 15 is 0 Å². The van der Waals surface area contributed by atoms with Gasteiger partial charge in [0.2, 0.25) is 0 Å². The molecule has 0 unspecified atom stereocenters. The highest BCUT2D eigenvalue weighted by Crippen LogP contribution is 2.26. The third kappa shape index (κ3) is 3.80. The molecular formula is C18H21N5O2S. The van der Waals surface area contributed by atoms with Crippen molar-refractivity contribution in [2.75, 3.05) is 7.05 Å². The molecule has 3 rings (SSSR count). The molecule has 1 N–H and O–H groups in total. The summed E-state index contributed by atoms with van der Waals surface area (Å²) in [6.45, 7) is 5.87. The Bertz CT molecular complexity index is 871. The second-order valence-corrected chi connectivity index (χ2v) is 6.97. The number of aromatic amines is 1. The highest BCUT2D eigenvalue weighted by Gasteiger charge is 2.25. The number of H-pyrrole nitrogens is 1. The molecule has 3 heterocycles. The first kappa shape index (κ1) is 18.2. The van der Waals surface area contributed by atoms with Crippen LogP contribution in [0.25, 0.3) is 0 Å². The fourth-order valence-corrected chi connectivity index (χ4v) is 3.48. The van der Waals surface area contributed by atoms with E-state index in [0.717, 1.165) is 17.0 Å². The van der Waals surface area contributed by atoms with E-state index in [1.165, 1.54) is 11.8 Å². The molecule has 0 aromatic carbocycles. The third-order valence-corrected chi connectivity index (χ3v) is 5.16. The Kier molecular flexibility index (Phi) is 5.41. The Morgan fingerprint density at radius 3 is 2.69 bits per heavy atom. The first-order chi connectivity index (χ1) is 12.5. The maximum Gasteiger partial charge on any atom is 0.289 e. The van der Waals surface area contributed by atoms with E-state index in [1.54, 1.807) is 36.5 Å². The van der Waals surface area contributed by atoms with Crippen molar-refractivity contribution in [1.82, 2.24) is 25.1 Å². The molecule has 0 saturated heterocycles. The Labute approximate surface area is 156 Å². The van der Waals surface area contributed by atoms with Crippen LogP contribution in [0, 0.1) is 13.8 Å². The minimum atomic E-state index is -0.162. The van der Waals surface area contributed by atoms with Gasteiger partial charge in [0.05, 0.1) is 17.5 Å². The third-order valence-electron chi connectivity index (χ3n) is 4.26. The largest absolute Gasteiger partial charge is 0.455 e. The fraction of sp³-hybridized carbons (Fsp3) is 0.333. The molecule has 8 heteroatoms. The van der Waals surface area contributed by atoms with Gasteiger partial charge in [0.1, 0.15) is 5.76 Å². The summed E-state index contributed by atoms with van der Waals surface area (Å²) in [5, 5.41) is 7.84. The van der Waals surface area contributed by atoms with E-state index in [2.05, 4.69) is 20.2 Å². The fourth-order valence-electron chi connectivity index (χ4n) is 2.78. The lowest BCUT2D eigenvalue weighted by Crippen LogP contribution is -2.29. The van der Waals surface area contributed by atoms with E-state index in [0.29, 0.717) is 22.4 Å². The van der Waals surface area contributed by atoms with Crippen molar-refractivity contribution in [3.8, 4) is 0 Å². The molecule has 0 aliphatic carbocycles. The molecule has 3 aromatic rings. The number of nitrogens with one attached hydrogen (secondary N) is 1. The average molecular weight is 371 g/mol. The number of carbonyl (C=O) groups is 1. The molecule has 0 bridgehead atoms. The van der Waals surface area contributed by atoms with Gasteiger partial charge in [0.15, 0.2) is 10.9 Å². The maximum atomic E-state index is 12.8. The van der Waals surface area contributed by atoms with E-state index in [4.69, 9.17) is 4.42 Å². The molecule has 1 amide bonds. The molecule has 0 spiro atoms. The number of aryl methyl sites for hydroxylation is 2. The molecular weight excluding hydrogens is 350 g/mol. The molecule has 1 atom stereocenters. The van der Waals surface area contributed by atoms with Crippen LogP contribution >= 0.6 is 11.8 Å². The van der Waals surface area contributed by atoms with E-state index in [1.807, 2.05) is 26.8 Å². The van der Waals surface area contributed by atoms with Crippen molar-refractivity contribution in [2.24, 2.45) is 0 Å². The van der Waals surface area contributed by atoms with Gasteiger partial charge in [-0.1, -0.05) is 11.8 Å². The Balaban J connectivity index is 1.67. The van der Waals surface area contributed by atoms with E-state index < -0.39 is 0 Å². The van der Waals surface area contributed by atoms with Crippen molar-refractivity contribution in [3.05, 3.63) is 59.1 Å². The SMILES string of the molecule is Cc1n[nH]c(C)c1[C@@H](C)N(C)C(=O)c1ccc(CSc2ncccn2)o1. The standard InChI is InChI=1S/C18H21N5O2S/c1-11-16(12(2)22-21-11)13(3)23(4)17(24)15-7-6-14(25-15)10-26-18-19-8-5-9-20-18/h5-9,13H,10H2,1-4H3,(H,21,22)/t13-/m1/s1. The zero-order chi connectivity index (χ0) is 18.7. The maximum absolute atomic E-state index is 12.8. The number of hydrogen-bond donors (Lipinski definition) is 1. The van der Waals surface area contributed by atoms with Gasteiger partial charge >= 0.3 is 0 Å². The quantitative estimate of drug-likeness (QED) is 0.527. The van der Waals surface area contributed by atoms with Gasteiger partial charge in [-0.3, -0.25) is 9.89 Å². The molecule has 7 nitrogen and oxygen atoms in total. The summed E-state index contributed by atoms with van der Waals surface area (Å²) in [5.41, 5.74) is 2.90. The van der Waals surface area contributed by atoms with Gasteiger partial charge in [-0.25, -0.2) is 9.97 Å². The molecule has 26 heavy (non-hydrogen) atoms. The number of amides is 1. The Morgan fingerprint density at radius 2 is 2.04 bits per heavy atom. The average Bonchev–Trinajstić information content (AvgIpc) is 3.26. The normalized spacial score (nSPS) is 12.2. The molecule has 136 valence electrons. The Hall–Kier alpha value is -2.61. The molecule has 0 aliphatic rings. The number of rotatable bonds is 6. The number of furan rings is 1. The zero-order valence-electron chi connectivity index (χ0n) is 15.2. The second kappa shape index (κ2) is 7.74. The summed E-state index contributed by atoms with van der Waals surface area (Å²) in [4.78, 5) is 22.7. The van der Waals surface area contributed by atoms with Crippen molar-refractivity contribution < 1.29 is 9.21 Å². The number of hydrogen-bond acceptors (Lipinski definition) is 6. The number of aromatic nitrogens is 4. The first-order valence-electron chi connectivity index (χ1n) is 8.24. The smallest absolute Gasteiger partial charge is 0.289 e. The highest BCUT2D eigenvalue weighted by atomic mass is 32.2. The topological polar surface area (TPSA) is 87.9 Å². The first-order valence-corrected chi connectivity index (χ1v) is 9.23. The predicted molar refractivity (Wildman–Crippen MR) is 98.9 cm³/mol. The molecule has 0 radical (unpaired) electrons. The lowest BCUT2D eigenvalue weighted by Gasteiger charge is -2.24. The van der Waals surface area contributed by atoms with Gasteiger partial charge in [0, 0.05) is 30.7 Å². The van der Waals surface area contributed by atoms with Crippen LogP contribution in [0.5, 0.6) is 0 Å². The number of nitrogens with zero attached hydrogens (tertiary/aromatic N) is 4. The summed E-state index contributed by atoms with van der Waals surface area (Å²) in [7, 11) is 1.77.